The predicted octanol–water partition coefficient (Wildman–Crippen LogP) is 5.39. The minimum atomic E-state index is -0.538. The van der Waals surface area contributed by atoms with Crippen LogP contribution < -0.4 is 10.1 Å². The van der Waals surface area contributed by atoms with Crippen LogP contribution in [-0.4, -0.2) is 35.4 Å². The lowest BCUT2D eigenvalue weighted by molar-refractivity contribution is -0.143. The van der Waals surface area contributed by atoms with E-state index in [2.05, 4.69) is 5.32 Å². The summed E-state index contributed by atoms with van der Waals surface area (Å²) in [5.74, 6) is 0.414. The summed E-state index contributed by atoms with van der Waals surface area (Å²) in [6, 6.07) is 21.5. The summed E-state index contributed by atoms with van der Waals surface area (Å²) in [4.78, 5) is 28.5. The van der Waals surface area contributed by atoms with Crippen molar-refractivity contribution in [3.8, 4) is 5.75 Å². The molecule has 0 saturated heterocycles. The number of ether oxygens (including phenoxy) is 1. The lowest BCUT2D eigenvalue weighted by Gasteiger charge is -2.32. The molecule has 0 radical (unpaired) electrons. The summed E-state index contributed by atoms with van der Waals surface area (Å²) in [6.45, 7) is 4.25. The monoisotopic (exact) mass is 458 g/mol. The molecule has 3 aromatic carbocycles. The Kier molecular flexibility index (Phi) is 7.84. The first kappa shape index (κ1) is 23.8. The Morgan fingerprint density at radius 1 is 1.00 bits per heavy atom. The first-order valence-electron chi connectivity index (χ1n) is 12.3. The van der Waals surface area contributed by atoms with Gasteiger partial charge in [-0.25, -0.2) is 0 Å². The predicted molar refractivity (Wildman–Crippen MR) is 136 cm³/mol. The van der Waals surface area contributed by atoms with E-state index in [1.165, 1.54) is 0 Å². The number of hydrogen-bond acceptors (Lipinski definition) is 3. The topological polar surface area (TPSA) is 58.6 Å². The van der Waals surface area contributed by atoms with E-state index >= 15 is 0 Å². The summed E-state index contributed by atoms with van der Waals surface area (Å²) in [7, 11) is 0. The number of nitrogens with one attached hydrogen (secondary N) is 1. The van der Waals surface area contributed by atoms with Crippen LogP contribution in [0.3, 0.4) is 0 Å². The molecule has 1 atom stereocenters. The Balaban J connectivity index is 1.55. The molecule has 0 heterocycles. The van der Waals surface area contributed by atoms with Crippen LogP contribution in [0, 0.1) is 6.92 Å². The van der Waals surface area contributed by atoms with Gasteiger partial charge in [0.15, 0.2) is 6.61 Å². The Labute approximate surface area is 202 Å². The summed E-state index contributed by atoms with van der Waals surface area (Å²) in [5.41, 5.74) is 2.13. The van der Waals surface area contributed by atoms with Crippen LogP contribution in [0.5, 0.6) is 5.75 Å². The average Bonchev–Trinajstić information content (AvgIpc) is 3.36. The zero-order valence-corrected chi connectivity index (χ0v) is 20.1. The van der Waals surface area contributed by atoms with Gasteiger partial charge < -0.3 is 15.0 Å². The number of carbonyl (C=O) groups excluding carboxylic acids is 2. The number of nitrogens with zero attached hydrogens (tertiary/aromatic N) is 1. The molecule has 5 heteroatoms. The van der Waals surface area contributed by atoms with E-state index in [0.29, 0.717) is 18.7 Å². The second-order valence-electron chi connectivity index (χ2n) is 9.13. The SMILES string of the molecule is CC[C@H](C(=O)NC1CCCC1)N(Cc1ccccc1C)C(=O)COc1cccc2ccccc12. The molecule has 0 unspecified atom stereocenters. The van der Waals surface area contributed by atoms with Gasteiger partial charge in [-0.3, -0.25) is 9.59 Å². The average molecular weight is 459 g/mol. The molecule has 0 aliphatic heterocycles. The zero-order valence-electron chi connectivity index (χ0n) is 20.1. The third-order valence-corrected chi connectivity index (χ3v) is 6.79. The van der Waals surface area contributed by atoms with Crippen LogP contribution in [0.1, 0.15) is 50.2 Å². The van der Waals surface area contributed by atoms with Gasteiger partial charge in [0.25, 0.3) is 5.91 Å². The largest absolute Gasteiger partial charge is 0.483 e. The molecule has 1 fully saturated rings. The molecule has 1 saturated carbocycles. The third-order valence-electron chi connectivity index (χ3n) is 6.79. The molecule has 0 aromatic heterocycles. The molecular formula is C29H34N2O3. The molecule has 5 nitrogen and oxygen atoms in total. The van der Waals surface area contributed by atoms with Crippen molar-refractivity contribution in [2.24, 2.45) is 0 Å². The van der Waals surface area contributed by atoms with E-state index in [0.717, 1.165) is 47.6 Å². The van der Waals surface area contributed by atoms with Crippen LogP contribution >= 0.6 is 0 Å². The second kappa shape index (κ2) is 11.2. The van der Waals surface area contributed by atoms with Gasteiger partial charge in [-0.1, -0.05) is 80.4 Å². The zero-order chi connectivity index (χ0) is 23.9. The molecule has 4 rings (SSSR count). The molecule has 0 spiro atoms. The highest BCUT2D eigenvalue weighted by Gasteiger charge is 2.31. The Morgan fingerprint density at radius 2 is 1.71 bits per heavy atom. The van der Waals surface area contributed by atoms with Crippen molar-refractivity contribution in [3.63, 3.8) is 0 Å². The molecule has 178 valence electrons. The number of hydrogen-bond donors (Lipinski definition) is 1. The summed E-state index contributed by atoms with van der Waals surface area (Å²) in [5, 5.41) is 5.22. The number of fused-ring (bicyclic) bond motifs is 1. The highest BCUT2D eigenvalue weighted by atomic mass is 16.5. The fraction of sp³-hybridized carbons (Fsp3) is 0.379. The van der Waals surface area contributed by atoms with Gasteiger partial charge in [0.2, 0.25) is 5.91 Å². The second-order valence-corrected chi connectivity index (χ2v) is 9.13. The minimum Gasteiger partial charge on any atom is -0.483 e. The maximum atomic E-state index is 13.5. The van der Waals surface area contributed by atoms with E-state index < -0.39 is 6.04 Å². The third kappa shape index (κ3) is 5.58. The van der Waals surface area contributed by atoms with Gasteiger partial charge in [-0.15, -0.1) is 0 Å². The molecular weight excluding hydrogens is 424 g/mol. The quantitative estimate of drug-likeness (QED) is 0.467. The smallest absolute Gasteiger partial charge is 0.261 e. The lowest BCUT2D eigenvalue weighted by Crippen LogP contribution is -2.52. The number of benzene rings is 3. The van der Waals surface area contributed by atoms with E-state index in [4.69, 9.17) is 4.74 Å². The normalized spacial score (nSPS) is 14.6. The molecule has 3 aromatic rings. The number of amides is 2. The summed E-state index contributed by atoms with van der Waals surface area (Å²) < 4.78 is 6.01. The van der Waals surface area contributed by atoms with E-state index in [1.54, 1.807) is 4.90 Å². The van der Waals surface area contributed by atoms with E-state index in [1.807, 2.05) is 80.6 Å². The standard InChI is InChI=1S/C29H34N2O3/c1-3-26(29(33)30-24-15-7-8-16-24)31(19-23-13-5-4-11-21(23)2)28(32)20-34-27-18-10-14-22-12-6-9-17-25(22)27/h4-6,9-14,17-18,24,26H,3,7-8,15-16,19-20H2,1-2H3,(H,30,33)/t26-/m1/s1. The fourth-order valence-electron chi connectivity index (χ4n) is 4.80. The lowest BCUT2D eigenvalue weighted by atomic mass is 10.1. The number of rotatable bonds is 9. The van der Waals surface area contributed by atoms with Gasteiger partial charge in [0, 0.05) is 18.0 Å². The van der Waals surface area contributed by atoms with Crippen LogP contribution in [0.2, 0.25) is 0 Å². The van der Waals surface area contributed by atoms with Gasteiger partial charge >= 0.3 is 0 Å². The molecule has 34 heavy (non-hydrogen) atoms. The Morgan fingerprint density at radius 3 is 2.47 bits per heavy atom. The van der Waals surface area contributed by atoms with Gasteiger partial charge in [-0.2, -0.15) is 0 Å². The van der Waals surface area contributed by atoms with Gasteiger partial charge in [0.1, 0.15) is 11.8 Å². The van der Waals surface area contributed by atoms with E-state index in [-0.39, 0.29) is 24.5 Å². The van der Waals surface area contributed by atoms with Crippen molar-refractivity contribution < 1.29 is 14.3 Å². The molecule has 1 aliphatic carbocycles. The van der Waals surface area contributed by atoms with Crippen molar-refractivity contribution in [1.82, 2.24) is 10.2 Å². The van der Waals surface area contributed by atoms with Crippen LogP contribution in [0.15, 0.2) is 66.7 Å². The van der Waals surface area contributed by atoms with E-state index in [9.17, 15) is 9.59 Å². The van der Waals surface area contributed by atoms with Crippen molar-refractivity contribution in [2.45, 2.75) is 64.6 Å². The highest BCUT2D eigenvalue weighted by molar-refractivity contribution is 5.90. The van der Waals surface area contributed by atoms with Gasteiger partial charge in [-0.05, 0) is 48.8 Å². The van der Waals surface area contributed by atoms with Gasteiger partial charge in [0.05, 0.1) is 0 Å². The first-order chi connectivity index (χ1) is 16.6. The van der Waals surface area contributed by atoms with Crippen molar-refractivity contribution in [1.29, 1.82) is 0 Å². The first-order valence-corrected chi connectivity index (χ1v) is 12.3. The molecule has 2 amide bonds. The maximum Gasteiger partial charge on any atom is 0.261 e. The number of carbonyl (C=O) groups is 2. The summed E-state index contributed by atoms with van der Waals surface area (Å²) in [6.07, 6.45) is 4.86. The van der Waals surface area contributed by atoms with Crippen LogP contribution in [-0.2, 0) is 16.1 Å². The maximum absolute atomic E-state index is 13.5. The molecule has 1 N–H and O–H groups in total. The van der Waals surface area contributed by atoms with Crippen molar-refractivity contribution in [2.75, 3.05) is 6.61 Å². The molecule has 1 aliphatic rings. The van der Waals surface area contributed by atoms with Crippen molar-refractivity contribution in [3.05, 3.63) is 77.9 Å². The Hall–Kier alpha value is -3.34. The Bertz CT molecular complexity index is 1130. The van der Waals surface area contributed by atoms with Crippen LogP contribution in [0.25, 0.3) is 10.8 Å². The summed E-state index contributed by atoms with van der Waals surface area (Å²) >= 11 is 0. The molecule has 0 bridgehead atoms. The van der Waals surface area contributed by atoms with Crippen molar-refractivity contribution >= 4 is 22.6 Å². The van der Waals surface area contributed by atoms with Crippen LogP contribution in [0.4, 0.5) is 0 Å². The minimum absolute atomic E-state index is 0.0681. The number of aryl methyl sites for hydroxylation is 1. The highest BCUT2D eigenvalue weighted by Crippen LogP contribution is 2.26. The fourth-order valence-corrected chi connectivity index (χ4v) is 4.80.